The molecule has 0 aliphatic carbocycles. The monoisotopic (exact) mass is 535 g/mol. The fraction of sp³-hybridized carbons (Fsp3) is 0.300. The molecule has 0 saturated carbocycles. The summed E-state index contributed by atoms with van der Waals surface area (Å²) in [6, 6.07) is 20.2. The van der Waals surface area contributed by atoms with Crippen LogP contribution in [-0.4, -0.2) is 34.4 Å². The lowest BCUT2D eigenvalue weighted by molar-refractivity contribution is -0.137. The Kier molecular flexibility index (Phi) is 8.40. The highest BCUT2D eigenvalue weighted by Crippen LogP contribution is 2.38. The molecule has 1 aliphatic heterocycles. The van der Waals surface area contributed by atoms with Crippen LogP contribution < -0.4 is 16.0 Å². The molecule has 3 aromatic carbocycles. The van der Waals surface area contributed by atoms with Gasteiger partial charge >= 0.3 is 0 Å². The van der Waals surface area contributed by atoms with E-state index >= 15 is 0 Å². The molecule has 4 rings (SSSR count). The highest BCUT2D eigenvalue weighted by Gasteiger charge is 2.43. The Morgan fingerprint density at radius 2 is 1.51 bits per heavy atom. The number of carbonyl (C=O) groups is 3. The van der Waals surface area contributed by atoms with Crippen molar-refractivity contribution in [3.63, 3.8) is 0 Å². The van der Waals surface area contributed by atoms with Crippen LogP contribution in [0.25, 0.3) is 0 Å². The summed E-state index contributed by atoms with van der Waals surface area (Å²) in [5.41, 5.74) is 0.378. The van der Waals surface area contributed by atoms with Crippen LogP contribution in [0.2, 0.25) is 0 Å². The van der Waals surface area contributed by atoms with Crippen molar-refractivity contribution in [2.45, 2.75) is 56.3 Å². The van der Waals surface area contributed by atoms with Crippen molar-refractivity contribution in [1.29, 1.82) is 0 Å². The van der Waals surface area contributed by atoms with Gasteiger partial charge in [-0.3, -0.25) is 14.4 Å². The maximum Gasteiger partial charge on any atom is 0.254 e. The number of carbonyl (C=O) groups excluding carboxylic acids is 3. The first-order valence-electron chi connectivity index (χ1n) is 12.7. The van der Waals surface area contributed by atoms with Gasteiger partial charge in [0.25, 0.3) is 5.91 Å². The lowest BCUT2D eigenvalue weighted by Crippen LogP contribution is -2.60. The molecule has 1 saturated heterocycles. The Bertz CT molecular complexity index is 1320. The molecule has 4 N–H and O–H groups in total. The van der Waals surface area contributed by atoms with Crippen LogP contribution in [0.15, 0.2) is 78.9 Å². The fourth-order valence-electron chi connectivity index (χ4n) is 4.94. The SMILES string of the molecule is C[C@H](NC(=O)[C@H](O)c1cc(F)cc(F)c1)C(=O)N[C@@]1(C)C[C@H](c2ccccc2)C[C@H](c2ccccc2)NC1=O. The molecule has 9 heteroatoms. The van der Waals surface area contributed by atoms with Crippen LogP contribution in [-0.2, 0) is 14.4 Å². The smallest absolute Gasteiger partial charge is 0.254 e. The molecule has 39 heavy (non-hydrogen) atoms. The van der Waals surface area contributed by atoms with Crippen molar-refractivity contribution in [3.8, 4) is 0 Å². The van der Waals surface area contributed by atoms with Gasteiger partial charge in [-0.25, -0.2) is 8.78 Å². The standard InChI is InChI=1S/C30H31F2N3O4/c1-18(33-28(38)26(36)21-13-23(31)16-24(32)14-21)27(37)35-30(2)17-22(19-9-5-3-6-10-19)15-25(34-29(30)39)20-11-7-4-8-12-20/h3-14,16,18,22,25-26,36H,15,17H2,1-2H3,(H,33,38)(H,34,39)(H,35,37)/t18-,22+,25+,26+,30-/m0/s1. The van der Waals surface area contributed by atoms with Gasteiger partial charge < -0.3 is 21.1 Å². The third-order valence-corrected chi connectivity index (χ3v) is 7.05. The summed E-state index contributed by atoms with van der Waals surface area (Å²) in [7, 11) is 0. The highest BCUT2D eigenvalue weighted by molar-refractivity contribution is 5.95. The molecule has 1 aliphatic rings. The van der Waals surface area contributed by atoms with Crippen molar-refractivity contribution in [2.24, 2.45) is 0 Å². The number of nitrogens with one attached hydrogen (secondary N) is 3. The van der Waals surface area contributed by atoms with Gasteiger partial charge in [-0.05, 0) is 61.4 Å². The maximum absolute atomic E-state index is 13.5. The van der Waals surface area contributed by atoms with E-state index in [2.05, 4.69) is 16.0 Å². The molecule has 0 aromatic heterocycles. The summed E-state index contributed by atoms with van der Waals surface area (Å²) in [4.78, 5) is 39.2. The van der Waals surface area contributed by atoms with E-state index in [1.54, 1.807) is 6.92 Å². The minimum Gasteiger partial charge on any atom is -0.378 e. The van der Waals surface area contributed by atoms with Gasteiger partial charge in [-0.2, -0.15) is 0 Å². The zero-order valence-corrected chi connectivity index (χ0v) is 21.7. The molecule has 0 radical (unpaired) electrons. The molecule has 204 valence electrons. The predicted octanol–water partition coefficient (Wildman–Crippen LogP) is 3.81. The molecule has 0 bridgehead atoms. The van der Waals surface area contributed by atoms with Crippen LogP contribution in [0, 0.1) is 11.6 Å². The molecule has 1 heterocycles. The van der Waals surface area contributed by atoms with Gasteiger partial charge in [0.05, 0.1) is 6.04 Å². The van der Waals surface area contributed by atoms with Gasteiger partial charge in [0.2, 0.25) is 11.8 Å². The molecule has 0 unspecified atom stereocenters. The largest absolute Gasteiger partial charge is 0.378 e. The van der Waals surface area contributed by atoms with Crippen molar-refractivity contribution >= 4 is 17.7 Å². The van der Waals surface area contributed by atoms with Crippen LogP contribution in [0.1, 0.15) is 61.4 Å². The number of aliphatic hydroxyl groups is 1. The van der Waals surface area contributed by atoms with E-state index in [1.165, 1.54) is 6.92 Å². The van der Waals surface area contributed by atoms with Crippen molar-refractivity contribution in [1.82, 2.24) is 16.0 Å². The van der Waals surface area contributed by atoms with Gasteiger partial charge in [-0.1, -0.05) is 60.7 Å². The molecule has 1 fully saturated rings. The molecular formula is C30H31F2N3O4. The first kappa shape index (κ1) is 27.9. The minimum absolute atomic E-state index is 0.0738. The number of rotatable bonds is 7. The van der Waals surface area contributed by atoms with Crippen molar-refractivity contribution in [3.05, 3.63) is 107 Å². The zero-order chi connectivity index (χ0) is 28.2. The lowest BCUT2D eigenvalue weighted by Gasteiger charge is -2.31. The van der Waals surface area contributed by atoms with Gasteiger partial charge in [0.15, 0.2) is 6.10 Å². The normalized spacial score (nSPS) is 22.6. The van der Waals surface area contributed by atoms with E-state index in [4.69, 9.17) is 0 Å². The van der Waals surface area contributed by atoms with E-state index in [0.29, 0.717) is 18.9 Å². The first-order chi connectivity index (χ1) is 18.6. The average Bonchev–Trinajstić information content (AvgIpc) is 3.04. The van der Waals surface area contributed by atoms with Gasteiger partial charge in [0, 0.05) is 6.07 Å². The van der Waals surface area contributed by atoms with E-state index < -0.39 is 41.1 Å². The van der Waals surface area contributed by atoms with E-state index in [-0.39, 0.29) is 23.4 Å². The van der Waals surface area contributed by atoms with Crippen molar-refractivity contribution in [2.75, 3.05) is 0 Å². The van der Waals surface area contributed by atoms with Crippen LogP contribution in [0.5, 0.6) is 0 Å². The Morgan fingerprint density at radius 1 is 0.949 bits per heavy atom. The summed E-state index contributed by atoms with van der Waals surface area (Å²) in [6.07, 6.45) is -0.964. The topological polar surface area (TPSA) is 108 Å². The zero-order valence-electron chi connectivity index (χ0n) is 21.7. The highest BCUT2D eigenvalue weighted by atomic mass is 19.1. The number of amides is 3. The first-order valence-corrected chi connectivity index (χ1v) is 12.7. The van der Waals surface area contributed by atoms with Crippen LogP contribution in [0.4, 0.5) is 8.78 Å². The number of benzene rings is 3. The minimum atomic E-state index is -1.89. The third kappa shape index (κ3) is 6.67. The van der Waals surface area contributed by atoms with Crippen molar-refractivity contribution < 1.29 is 28.3 Å². The number of hydrogen-bond donors (Lipinski definition) is 4. The number of aliphatic hydroxyl groups excluding tert-OH is 1. The second kappa shape index (κ2) is 11.7. The maximum atomic E-state index is 13.5. The third-order valence-electron chi connectivity index (χ3n) is 7.05. The Morgan fingerprint density at radius 3 is 2.10 bits per heavy atom. The molecule has 7 nitrogen and oxygen atoms in total. The lowest BCUT2D eigenvalue weighted by atomic mass is 9.82. The summed E-state index contributed by atoms with van der Waals surface area (Å²) in [6.45, 7) is 3.04. The quantitative estimate of drug-likeness (QED) is 0.369. The molecule has 5 atom stereocenters. The Hall–Kier alpha value is -4.11. The molecule has 0 spiro atoms. The average molecular weight is 536 g/mol. The van der Waals surface area contributed by atoms with E-state index in [1.807, 2.05) is 60.7 Å². The summed E-state index contributed by atoms with van der Waals surface area (Å²) >= 11 is 0. The second-order valence-corrected chi connectivity index (χ2v) is 10.1. The Balaban J connectivity index is 1.51. The van der Waals surface area contributed by atoms with E-state index in [9.17, 15) is 28.3 Å². The molecular weight excluding hydrogens is 504 g/mol. The number of hydrogen-bond acceptors (Lipinski definition) is 4. The summed E-state index contributed by atoms with van der Waals surface area (Å²) < 4.78 is 27.0. The van der Waals surface area contributed by atoms with Gasteiger partial charge in [0.1, 0.15) is 23.2 Å². The van der Waals surface area contributed by atoms with Crippen LogP contribution >= 0.6 is 0 Å². The molecule has 3 aromatic rings. The van der Waals surface area contributed by atoms with E-state index in [0.717, 1.165) is 23.3 Å². The number of halogens is 2. The fourth-order valence-corrected chi connectivity index (χ4v) is 4.94. The van der Waals surface area contributed by atoms with Crippen LogP contribution in [0.3, 0.4) is 0 Å². The van der Waals surface area contributed by atoms with Gasteiger partial charge in [-0.15, -0.1) is 0 Å². The predicted molar refractivity (Wildman–Crippen MR) is 141 cm³/mol. The second-order valence-electron chi connectivity index (χ2n) is 10.1. The Labute approximate surface area is 225 Å². The molecule has 3 amide bonds. The summed E-state index contributed by atoms with van der Waals surface area (Å²) in [5, 5.41) is 18.5. The summed E-state index contributed by atoms with van der Waals surface area (Å²) in [5.74, 6) is -3.99.